The largest absolute Gasteiger partial charge is 0.398 e. The number of hydrogen-bond acceptors (Lipinski definition) is 1. The number of fused-ring (bicyclic) bond motifs is 9. The SMILES string of the molecule is CC(C)c1ccc2c(c1N)P(C(C)C)c1ccccc1C21c2ccccc2-c2ccccc21. The first kappa shape index (κ1) is 20.7. The lowest BCUT2D eigenvalue weighted by atomic mass is 9.67. The van der Waals surface area contributed by atoms with Crippen LogP contribution < -0.4 is 16.3 Å². The summed E-state index contributed by atoms with van der Waals surface area (Å²) in [6, 6.07) is 31.9. The Kier molecular flexibility index (Phi) is 4.58. The average molecular weight is 448 g/mol. The molecule has 2 heteroatoms. The molecule has 1 heterocycles. The van der Waals surface area contributed by atoms with Crippen molar-refractivity contribution in [3.05, 3.63) is 113 Å². The second-order valence-electron chi connectivity index (χ2n) is 9.94. The highest BCUT2D eigenvalue weighted by molar-refractivity contribution is 7.74. The Bertz CT molecular complexity index is 1350. The van der Waals surface area contributed by atoms with Gasteiger partial charge in [-0.25, -0.2) is 0 Å². The summed E-state index contributed by atoms with van der Waals surface area (Å²) in [4.78, 5) is 0. The third kappa shape index (κ3) is 2.58. The van der Waals surface area contributed by atoms with Gasteiger partial charge in [0, 0.05) is 11.0 Å². The zero-order valence-corrected chi connectivity index (χ0v) is 20.7. The first-order valence-corrected chi connectivity index (χ1v) is 13.4. The number of benzene rings is 4. The van der Waals surface area contributed by atoms with Gasteiger partial charge in [0.25, 0.3) is 0 Å². The van der Waals surface area contributed by atoms with Crippen molar-refractivity contribution in [3.8, 4) is 11.1 Å². The van der Waals surface area contributed by atoms with Gasteiger partial charge in [-0.1, -0.05) is 113 Å². The molecule has 0 radical (unpaired) electrons. The minimum Gasteiger partial charge on any atom is -0.398 e. The molecule has 1 spiro atoms. The van der Waals surface area contributed by atoms with Crippen molar-refractivity contribution in [1.29, 1.82) is 0 Å². The van der Waals surface area contributed by atoms with Gasteiger partial charge >= 0.3 is 0 Å². The zero-order valence-electron chi connectivity index (χ0n) is 19.8. The maximum atomic E-state index is 7.10. The van der Waals surface area contributed by atoms with Gasteiger partial charge in [0.1, 0.15) is 0 Å². The molecule has 1 unspecified atom stereocenters. The molecule has 0 bridgehead atoms. The maximum Gasteiger partial charge on any atom is 0.0726 e. The van der Waals surface area contributed by atoms with Crippen LogP contribution in [-0.4, -0.2) is 5.66 Å². The van der Waals surface area contributed by atoms with E-state index in [9.17, 15) is 0 Å². The number of nitrogen functional groups attached to an aromatic ring is 1. The van der Waals surface area contributed by atoms with Gasteiger partial charge in [0.2, 0.25) is 0 Å². The molecule has 164 valence electrons. The van der Waals surface area contributed by atoms with Crippen molar-refractivity contribution in [2.45, 2.75) is 44.7 Å². The summed E-state index contributed by atoms with van der Waals surface area (Å²) in [6.07, 6.45) is 0. The fraction of sp³-hybridized carbons (Fsp3) is 0.226. The molecule has 4 aromatic rings. The Morgan fingerprint density at radius 1 is 0.636 bits per heavy atom. The van der Waals surface area contributed by atoms with Crippen molar-refractivity contribution >= 4 is 24.2 Å². The standard InChI is InChI=1S/C31H30NP/c1-19(2)21-17-18-27-30(29(21)32)33(20(3)4)28-16-10-9-15-26(28)31(27)24-13-7-5-11-22(24)23-12-6-8-14-25(23)31/h5-20H,32H2,1-4H3. The Labute approximate surface area is 198 Å². The second kappa shape index (κ2) is 7.31. The third-order valence-electron chi connectivity index (χ3n) is 7.55. The average Bonchev–Trinajstić information content (AvgIpc) is 3.11. The van der Waals surface area contributed by atoms with E-state index >= 15 is 0 Å². The Hall–Kier alpha value is -2.89. The molecule has 1 aliphatic heterocycles. The molecule has 4 aromatic carbocycles. The number of rotatable bonds is 2. The Morgan fingerprint density at radius 2 is 1.18 bits per heavy atom. The summed E-state index contributed by atoms with van der Waals surface area (Å²) in [5.41, 5.74) is 17.9. The minimum absolute atomic E-state index is 0.323. The van der Waals surface area contributed by atoms with Gasteiger partial charge in [0.15, 0.2) is 0 Å². The molecule has 0 saturated carbocycles. The van der Waals surface area contributed by atoms with Gasteiger partial charge in [-0.15, -0.1) is 0 Å². The van der Waals surface area contributed by atoms with E-state index in [-0.39, 0.29) is 5.41 Å². The predicted molar refractivity (Wildman–Crippen MR) is 144 cm³/mol. The van der Waals surface area contributed by atoms with Gasteiger partial charge in [-0.3, -0.25) is 0 Å². The van der Waals surface area contributed by atoms with Crippen LogP contribution in [0.15, 0.2) is 84.9 Å². The third-order valence-corrected chi connectivity index (χ3v) is 10.5. The summed E-state index contributed by atoms with van der Waals surface area (Å²) in [5.74, 6) is 0.399. The summed E-state index contributed by atoms with van der Waals surface area (Å²) >= 11 is 0. The monoisotopic (exact) mass is 447 g/mol. The minimum atomic E-state index is -0.570. The van der Waals surface area contributed by atoms with Crippen LogP contribution in [0.25, 0.3) is 11.1 Å². The van der Waals surface area contributed by atoms with Crippen molar-refractivity contribution in [1.82, 2.24) is 0 Å². The molecule has 2 N–H and O–H groups in total. The van der Waals surface area contributed by atoms with Crippen molar-refractivity contribution in [2.75, 3.05) is 5.73 Å². The first-order chi connectivity index (χ1) is 16.0. The van der Waals surface area contributed by atoms with Gasteiger partial charge in [0.05, 0.1) is 5.41 Å². The second-order valence-corrected chi connectivity index (χ2v) is 12.6. The molecule has 1 nitrogen and oxygen atoms in total. The van der Waals surface area contributed by atoms with E-state index in [4.69, 9.17) is 5.73 Å². The molecule has 0 amide bonds. The van der Waals surface area contributed by atoms with Crippen LogP contribution in [0, 0.1) is 0 Å². The van der Waals surface area contributed by atoms with E-state index in [2.05, 4.69) is 113 Å². The van der Waals surface area contributed by atoms with Crippen LogP contribution in [0.2, 0.25) is 0 Å². The summed E-state index contributed by atoms with van der Waals surface area (Å²) in [6.45, 7) is 9.23. The Balaban J connectivity index is 1.85. The van der Waals surface area contributed by atoms with E-state index in [1.807, 2.05) is 0 Å². The molecular formula is C31H30NP. The zero-order chi connectivity index (χ0) is 22.9. The summed E-state index contributed by atoms with van der Waals surface area (Å²) in [5, 5.41) is 2.88. The molecule has 33 heavy (non-hydrogen) atoms. The highest BCUT2D eigenvalue weighted by Gasteiger charge is 2.52. The Morgan fingerprint density at radius 3 is 1.76 bits per heavy atom. The maximum absolute atomic E-state index is 7.10. The van der Waals surface area contributed by atoms with Gasteiger partial charge in [-0.05, 0) is 63.7 Å². The molecule has 0 fully saturated rings. The van der Waals surface area contributed by atoms with Crippen LogP contribution in [0.1, 0.15) is 61.4 Å². The summed E-state index contributed by atoms with van der Waals surface area (Å²) in [7, 11) is -0.570. The fourth-order valence-electron chi connectivity index (χ4n) is 6.31. The lowest BCUT2D eigenvalue weighted by Crippen LogP contribution is -2.44. The van der Waals surface area contributed by atoms with E-state index < -0.39 is 7.92 Å². The van der Waals surface area contributed by atoms with Crippen LogP contribution in [0.4, 0.5) is 5.69 Å². The number of nitrogens with two attached hydrogens (primary N) is 1. The normalized spacial score (nSPS) is 17.1. The smallest absolute Gasteiger partial charge is 0.0726 e. The molecule has 0 aromatic heterocycles. The lowest BCUT2D eigenvalue weighted by molar-refractivity contribution is 0.773. The molecule has 0 saturated heterocycles. The van der Waals surface area contributed by atoms with E-state index in [1.165, 1.54) is 49.6 Å². The molecule has 1 atom stereocenters. The van der Waals surface area contributed by atoms with Gasteiger partial charge < -0.3 is 5.73 Å². The van der Waals surface area contributed by atoms with Gasteiger partial charge in [-0.2, -0.15) is 0 Å². The fourth-order valence-corrected chi connectivity index (χ4v) is 9.26. The topological polar surface area (TPSA) is 26.0 Å². The highest BCUT2D eigenvalue weighted by Crippen LogP contribution is 2.61. The van der Waals surface area contributed by atoms with Crippen LogP contribution >= 0.6 is 7.92 Å². The van der Waals surface area contributed by atoms with Crippen molar-refractivity contribution < 1.29 is 0 Å². The highest BCUT2D eigenvalue weighted by atomic mass is 31.1. The lowest BCUT2D eigenvalue weighted by Gasteiger charge is -2.45. The van der Waals surface area contributed by atoms with Crippen LogP contribution in [0.5, 0.6) is 0 Å². The number of anilines is 1. The van der Waals surface area contributed by atoms with Crippen LogP contribution in [0.3, 0.4) is 0 Å². The number of hydrogen-bond donors (Lipinski definition) is 1. The molecule has 1 aliphatic carbocycles. The van der Waals surface area contributed by atoms with Crippen molar-refractivity contribution in [2.24, 2.45) is 0 Å². The predicted octanol–water partition coefficient (Wildman–Crippen LogP) is 6.91. The molecule has 2 aliphatic rings. The van der Waals surface area contributed by atoms with E-state index in [0.29, 0.717) is 11.6 Å². The molecular weight excluding hydrogens is 417 g/mol. The molecule has 6 rings (SSSR count). The first-order valence-electron chi connectivity index (χ1n) is 12.0. The summed E-state index contributed by atoms with van der Waals surface area (Å²) < 4.78 is 0. The van der Waals surface area contributed by atoms with Crippen molar-refractivity contribution in [3.63, 3.8) is 0 Å². The quantitative estimate of drug-likeness (QED) is 0.231. The van der Waals surface area contributed by atoms with E-state index in [1.54, 1.807) is 0 Å². The van der Waals surface area contributed by atoms with Crippen LogP contribution in [-0.2, 0) is 5.41 Å². The van der Waals surface area contributed by atoms with E-state index in [0.717, 1.165) is 5.69 Å².